The second-order valence-electron chi connectivity index (χ2n) is 5.30. The van der Waals surface area contributed by atoms with Gasteiger partial charge in [0.2, 0.25) is 0 Å². The lowest BCUT2D eigenvalue weighted by Crippen LogP contribution is -2.17. The van der Waals surface area contributed by atoms with E-state index < -0.39 is 0 Å². The van der Waals surface area contributed by atoms with Crippen LogP contribution in [-0.2, 0) is 10.8 Å². The molecule has 0 aromatic heterocycles. The van der Waals surface area contributed by atoms with Crippen LogP contribution in [0.1, 0.15) is 38.3 Å². The van der Waals surface area contributed by atoms with Crippen molar-refractivity contribution < 1.29 is 0 Å². The molecule has 0 heterocycles. The van der Waals surface area contributed by atoms with Gasteiger partial charge in [-0.15, -0.1) is 0 Å². The molecule has 0 fully saturated rings. The van der Waals surface area contributed by atoms with E-state index in [1.54, 1.807) is 16.7 Å². The fourth-order valence-electron chi connectivity index (χ4n) is 3.50. The molecule has 0 heteroatoms. The number of fused-ring (bicyclic) bond motifs is 5. The summed E-state index contributed by atoms with van der Waals surface area (Å²) in [5.74, 6) is 0. The summed E-state index contributed by atoms with van der Waals surface area (Å²) in [6.07, 6.45) is 3.74. The van der Waals surface area contributed by atoms with E-state index in [-0.39, 0.29) is 0 Å². The maximum Gasteiger partial charge on any atom is 0.0145 e. The topological polar surface area (TPSA) is 0 Å². The average molecular weight is 184 g/mol. The van der Waals surface area contributed by atoms with E-state index in [0.29, 0.717) is 10.8 Å². The Bertz CT molecular complexity index is 441. The molecule has 0 spiro atoms. The summed E-state index contributed by atoms with van der Waals surface area (Å²) in [5.41, 5.74) is 5.30. The molecule has 2 atom stereocenters. The monoisotopic (exact) mass is 184 g/mol. The van der Waals surface area contributed by atoms with Crippen molar-refractivity contribution in [1.82, 2.24) is 0 Å². The van der Waals surface area contributed by atoms with Crippen LogP contribution in [0.5, 0.6) is 0 Å². The smallest absolute Gasteiger partial charge is 0.0145 e. The Hall–Kier alpha value is -1.04. The Morgan fingerprint density at radius 3 is 2.43 bits per heavy atom. The molecule has 0 saturated heterocycles. The average Bonchev–Trinajstić information content (AvgIpc) is 2.51. The number of rotatable bonds is 0. The summed E-state index contributed by atoms with van der Waals surface area (Å²) in [7, 11) is 0. The Morgan fingerprint density at radius 2 is 1.71 bits per heavy atom. The maximum atomic E-state index is 2.47. The Morgan fingerprint density at radius 1 is 1.07 bits per heavy atom. The summed E-state index contributed by atoms with van der Waals surface area (Å²) in [6, 6.07) is 8.93. The molecule has 1 aromatic carbocycles. The van der Waals surface area contributed by atoms with Crippen LogP contribution in [0.2, 0.25) is 0 Å². The van der Waals surface area contributed by atoms with Crippen molar-refractivity contribution in [3.63, 3.8) is 0 Å². The van der Waals surface area contributed by atoms with Gasteiger partial charge in [-0.05, 0) is 24.5 Å². The first-order valence-corrected chi connectivity index (χ1v) is 5.36. The van der Waals surface area contributed by atoms with Crippen molar-refractivity contribution in [2.45, 2.75) is 38.0 Å². The van der Waals surface area contributed by atoms with Crippen molar-refractivity contribution in [3.8, 4) is 0 Å². The third-order valence-corrected chi connectivity index (χ3v) is 4.26. The minimum atomic E-state index is 0.315. The van der Waals surface area contributed by atoms with Crippen LogP contribution < -0.4 is 0 Å². The fraction of sp³-hybridized carbons (Fsp3) is 0.429. The van der Waals surface area contributed by atoms with Gasteiger partial charge < -0.3 is 0 Å². The molecule has 1 aromatic rings. The highest BCUT2D eigenvalue weighted by Gasteiger charge is 2.51. The largest absolute Gasteiger partial charge is 0.0743 e. The number of benzene rings is 1. The van der Waals surface area contributed by atoms with Gasteiger partial charge in [0.1, 0.15) is 0 Å². The van der Waals surface area contributed by atoms with Crippen LogP contribution in [0.3, 0.4) is 0 Å². The molecule has 2 aliphatic rings. The van der Waals surface area contributed by atoms with Gasteiger partial charge in [0.25, 0.3) is 0 Å². The third-order valence-electron chi connectivity index (χ3n) is 4.26. The van der Waals surface area contributed by atoms with Crippen molar-refractivity contribution in [1.29, 1.82) is 0 Å². The zero-order chi connectivity index (χ0) is 9.97. The molecule has 2 aliphatic carbocycles. The molecule has 2 bridgehead atoms. The molecular formula is C14H16. The Labute approximate surface area is 85.6 Å². The van der Waals surface area contributed by atoms with Crippen molar-refractivity contribution in [2.75, 3.05) is 0 Å². The Balaban J connectivity index is 2.35. The van der Waals surface area contributed by atoms with Gasteiger partial charge in [-0.25, -0.2) is 0 Å². The van der Waals surface area contributed by atoms with E-state index in [0.717, 1.165) is 0 Å². The van der Waals surface area contributed by atoms with Gasteiger partial charge in [-0.3, -0.25) is 0 Å². The van der Waals surface area contributed by atoms with E-state index in [1.807, 2.05) is 0 Å². The highest BCUT2D eigenvalue weighted by atomic mass is 14.5. The zero-order valence-electron chi connectivity index (χ0n) is 9.09. The van der Waals surface area contributed by atoms with Crippen LogP contribution >= 0.6 is 0 Å². The zero-order valence-corrected chi connectivity index (χ0v) is 9.09. The van der Waals surface area contributed by atoms with Gasteiger partial charge in [-0.2, -0.15) is 0 Å². The second-order valence-corrected chi connectivity index (χ2v) is 5.30. The first-order chi connectivity index (χ1) is 6.56. The first-order valence-electron chi connectivity index (χ1n) is 5.36. The highest BCUT2D eigenvalue weighted by molar-refractivity contribution is 5.58. The molecular weight excluding hydrogens is 168 g/mol. The second kappa shape index (κ2) is 2.13. The molecule has 72 valence electrons. The SMILES string of the molecule is CC1=CC2(C)CC1(C)c1ccccc12. The molecule has 0 aliphatic heterocycles. The molecule has 2 unspecified atom stereocenters. The first kappa shape index (κ1) is 8.28. The maximum absolute atomic E-state index is 2.47. The standard InChI is InChI=1S/C14H16/c1-10-8-13(2)9-14(10,3)12-7-5-4-6-11(12)13/h4-8H,9H2,1-3H3. The summed E-state index contributed by atoms with van der Waals surface area (Å²) in [6.45, 7) is 7.03. The van der Waals surface area contributed by atoms with Crippen LogP contribution in [0, 0.1) is 0 Å². The van der Waals surface area contributed by atoms with Crippen molar-refractivity contribution in [2.24, 2.45) is 0 Å². The number of hydrogen-bond donors (Lipinski definition) is 0. The van der Waals surface area contributed by atoms with Crippen LogP contribution in [-0.4, -0.2) is 0 Å². The Kier molecular flexibility index (Phi) is 1.26. The summed E-state index contributed by atoms with van der Waals surface area (Å²) >= 11 is 0. The van der Waals surface area contributed by atoms with Crippen molar-refractivity contribution >= 4 is 0 Å². The minimum absolute atomic E-state index is 0.315. The van der Waals surface area contributed by atoms with E-state index in [4.69, 9.17) is 0 Å². The van der Waals surface area contributed by atoms with E-state index in [9.17, 15) is 0 Å². The van der Waals surface area contributed by atoms with E-state index in [2.05, 4.69) is 51.1 Å². The molecule has 3 rings (SSSR count). The minimum Gasteiger partial charge on any atom is -0.0743 e. The van der Waals surface area contributed by atoms with Gasteiger partial charge in [-0.1, -0.05) is 49.8 Å². The van der Waals surface area contributed by atoms with E-state index in [1.165, 1.54) is 6.42 Å². The number of allylic oxidation sites excluding steroid dienone is 2. The molecule has 0 saturated carbocycles. The summed E-state index contributed by atoms with van der Waals surface area (Å²) in [4.78, 5) is 0. The summed E-state index contributed by atoms with van der Waals surface area (Å²) in [5, 5.41) is 0. The van der Waals surface area contributed by atoms with Crippen LogP contribution in [0.4, 0.5) is 0 Å². The number of hydrogen-bond acceptors (Lipinski definition) is 0. The lowest BCUT2D eigenvalue weighted by Gasteiger charge is -2.26. The highest BCUT2D eigenvalue weighted by Crippen LogP contribution is 2.59. The predicted molar refractivity (Wildman–Crippen MR) is 59.5 cm³/mol. The normalized spacial score (nSPS) is 38.4. The fourth-order valence-corrected chi connectivity index (χ4v) is 3.50. The molecule has 0 nitrogen and oxygen atoms in total. The summed E-state index contributed by atoms with van der Waals surface area (Å²) < 4.78 is 0. The van der Waals surface area contributed by atoms with Gasteiger partial charge in [0.05, 0.1) is 0 Å². The quantitative estimate of drug-likeness (QED) is 0.541. The molecule has 0 N–H and O–H groups in total. The van der Waals surface area contributed by atoms with Crippen molar-refractivity contribution in [3.05, 3.63) is 47.0 Å². The molecule has 0 amide bonds. The van der Waals surface area contributed by atoms with Gasteiger partial charge in [0.15, 0.2) is 0 Å². The van der Waals surface area contributed by atoms with Crippen LogP contribution in [0.15, 0.2) is 35.9 Å². The van der Waals surface area contributed by atoms with Crippen LogP contribution in [0.25, 0.3) is 0 Å². The lowest BCUT2D eigenvalue weighted by atomic mass is 9.78. The van der Waals surface area contributed by atoms with Gasteiger partial charge in [0, 0.05) is 10.8 Å². The molecule has 0 radical (unpaired) electrons. The molecule has 14 heavy (non-hydrogen) atoms. The third kappa shape index (κ3) is 0.716. The van der Waals surface area contributed by atoms with E-state index >= 15 is 0 Å². The predicted octanol–water partition coefficient (Wildman–Crippen LogP) is 3.57. The lowest BCUT2D eigenvalue weighted by molar-refractivity contribution is 0.504. The van der Waals surface area contributed by atoms with Gasteiger partial charge >= 0.3 is 0 Å².